The van der Waals surface area contributed by atoms with Crippen LogP contribution in [0.1, 0.15) is 24.2 Å². The van der Waals surface area contributed by atoms with E-state index in [0.29, 0.717) is 17.8 Å². The van der Waals surface area contributed by atoms with E-state index < -0.39 is 9.84 Å². The maximum Gasteiger partial charge on any atom is 0.253 e. The molecule has 6 nitrogen and oxygen atoms in total. The summed E-state index contributed by atoms with van der Waals surface area (Å²) in [5.74, 6) is -0.262. The van der Waals surface area contributed by atoms with Crippen LogP contribution in [0.3, 0.4) is 0 Å². The van der Waals surface area contributed by atoms with Gasteiger partial charge in [0, 0.05) is 25.0 Å². The third-order valence-electron chi connectivity index (χ3n) is 2.57. The van der Waals surface area contributed by atoms with Crippen molar-refractivity contribution in [2.24, 2.45) is 0 Å². The second kappa shape index (κ2) is 7.08. The summed E-state index contributed by atoms with van der Waals surface area (Å²) >= 11 is 0. The van der Waals surface area contributed by atoms with Crippen LogP contribution in [0.4, 0.5) is 5.69 Å². The predicted molar refractivity (Wildman–Crippen MR) is 75.1 cm³/mol. The fourth-order valence-electron chi connectivity index (χ4n) is 1.48. The first kappa shape index (κ1) is 15.4. The number of hydrogen-bond donors (Lipinski definition) is 2. The smallest absolute Gasteiger partial charge is 0.253 e. The monoisotopic (exact) mass is 285 g/mol. The average molecular weight is 285 g/mol. The van der Waals surface area contributed by atoms with Gasteiger partial charge in [-0.05, 0) is 13.0 Å². The van der Waals surface area contributed by atoms with Crippen LogP contribution in [0.2, 0.25) is 0 Å². The van der Waals surface area contributed by atoms with Crippen molar-refractivity contribution in [1.29, 1.82) is 0 Å². The third-order valence-corrected chi connectivity index (χ3v) is 4.28. The lowest BCUT2D eigenvalue weighted by Crippen LogP contribution is -2.30. The molecule has 2 N–H and O–H groups in total. The quantitative estimate of drug-likeness (QED) is 0.769. The van der Waals surface area contributed by atoms with Crippen LogP contribution >= 0.6 is 0 Å². The van der Waals surface area contributed by atoms with Gasteiger partial charge in [0.1, 0.15) is 0 Å². The molecule has 0 aliphatic rings. The van der Waals surface area contributed by atoms with Gasteiger partial charge < -0.3 is 10.6 Å². The molecule has 0 unspecified atom stereocenters. The molecule has 1 heterocycles. The molecular formula is C12H19N3O3S. The van der Waals surface area contributed by atoms with Crippen molar-refractivity contribution in [2.75, 3.05) is 29.9 Å². The van der Waals surface area contributed by atoms with Gasteiger partial charge in [0.25, 0.3) is 5.91 Å². The molecule has 0 spiro atoms. The van der Waals surface area contributed by atoms with E-state index in [-0.39, 0.29) is 24.0 Å². The minimum Gasteiger partial charge on any atom is -0.383 e. The first-order chi connectivity index (χ1) is 9.00. The van der Waals surface area contributed by atoms with Crippen LogP contribution < -0.4 is 10.6 Å². The van der Waals surface area contributed by atoms with E-state index in [2.05, 4.69) is 15.6 Å². The van der Waals surface area contributed by atoms with Gasteiger partial charge in [-0.25, -0.2) is 8.42 Å². The maximum atomic E-state index is 11.9. The van der Waals surface area contributed by atoms with Gasteiger partial charge in [-0.3, -0.25) is 9.78 Å². The van der Waals surface area contributed by atoms with Crippen molar-refractivity contribution in [3.8, 4) is 0 Å². The molecule has 0 radical (unpaired) electrons. The fourth-order valence-corrected chi connectivity index (χ4v) is 2.19. The Morgan fingerprint density at radius 1 is 1.37 bits per heavy atom. The molecule has 0 saturated carbocycles. The number of sulfone groups is 1. The SMILES string of the molecule is CCNc1cnccc1C(=O)NCCS(=O)(=O)CC. The molecule has 19 heavy (non-hydrogen) atoms. The van der Waals surface area contributed by atoms with Crippen molar-refractivity contribution < 1.29 is 13.2 Å². The van der Waals surface area contributed by atoms with Crippen molar-refractivity contribution in [3.05, 3.63) is 24.0 Å². The van der Waals surface area contributed by atoms with E-state index in [4.69, 9.17) is 0 Å². The molecule has 106 valence electrons. The lowest BCUT2D eigenvalue weighted by molar-refractivity contribution is 0.0957. The number of carbonyl (C=O) groups excluding carboxylic acids is 1. The van der Waals surface area contributed by atoms with E-state index in [9.17, 15) is 13.2 Å². The van der Waals surface area contributed by atoms with Crippen LogP contribution in [0.5, 0.6) is 0 Å². The molecule has 0 atom stereocenters. The van der Waals surface area contributed by atoms with Gasteiger partial charge in [-0.2, -0.15) is 0 Å². The van der Waals surface area contributed by atoms with Crippen LogP contribution in [-0.2, 0) is 9.84 Å². The predicted octanol–water partition coefficient (Wildman–Crippen LogP) is 0.678. The number of nitrogens with zero attached hydrogens (tertiary/aromatic N) is 1. The third kappa shape index (κ3) is 4.86. The molecule has 1 aromatic heterocycles. The van der Waals surface area contributed by atoms with Crippen molar-refractivity contribution >= 4 is 21.4 Å². The summed E-state index contributed by atoms with van der Waals surface area (Å²) in [6, 6.07) is 1.60. The Bertz CT molecular complexity index is 529. The number of rotatable bonds is 7. The van der Waals surface area contributed by atoms with Crippen LogP contribution in [0, 0.1) is 0 Å². The molecule has 7 heteroatoms. The van der Waals surface area contributed by atoms with Crippen molar-refractivity contribution in [1.82, 2.24) is 10.3 Å². The summed E-state index contributed by atoms with van der Waals surface area (Å²) in [5, 5.41) is 5.64. The number of hydrogen-bond acceptors (Lipinski definition) is 5. The summed E-state index contributed by atoms with van der Waals surface area (Å²) in [7, 11) is -3.06. The van der Waals surface area contributed by atoms with E-state index in [1.54, 1.807) is 19.2 Å². The second-order valence-electron chi connectivity index (χ2n) is 3.94. The second-order valence-corrected chi connectivity index (χ2v) is 6.42. The Balaban J connectivity index is 2.64. The summed E-state index contributed by atoms with van der Waals surface area (Å²) in [6.07, 6.45) is 3.10. The standard InChI is InChI=1S/C12H19N3O3S/c1-3-14-11-9-13-6-5-10(11)12(16)15-7-8-19(17,18)4-2/h5-6,9,14H,3-4,7-8H2,1-2H3,(H,15,16). The summed E-state index contributed by atoms with van der Waals surface area (Å²) in [6.45, 7) is 4.30. The highest BCUT2D eigenvalue weighted by molar-refractivity contribution is 7.91. The van der Waals surface area contributed by atoms with Crippen molar-refractivity contribution in [2.45, 2.75) is 13.8 Å². The molecule has 0 saturated heterocycles. The number of carbonyl (C=O) groups is 1. The summed E-state index contributed by atoms with van der Waals surface area (Å²) < 4.78 is 22.6. The Morgan fingerprint density at radius 2 is 2.11 bits per heavy atom. The minimum absolute atomic E-state index is 0.0448. The number of aromatic nitrogens is 1. The van der Waals surface area contributed by atoms with Gasteiger partial charge in [-0.1, -0.05) is 6.92 Å². The maximum absolute atomic E-state index is 11.9. The Labute approximate surface area is 113 Å². The van der Waals surface area contributed by atoms with Crippen LogP contribution in [0.15, 0.2) is 18.5 Å². The lowest BCUT2D eigenvalue weighted by Gasteiger charge is -2.10. The zero-order valence-corrected chi connectivity index (χ0v) is 12.0. The van der Waals surface area contributed by atoms with Gasteiger partial charge >= 0.3 is 0 Å². The van der Waals surface area contributed by atoms with Crippen LogP contribution in [0.25, 0.3) is 0 Å². The minimum atomic E-state index is -3.06. The normalized spacial score (nSPS) is 11.1. The molecule has 1 amide bonds. The number of nitrogens with one attached hydrogen (secondary N) is 2. The Morgan fingerprint density at radius 3 is 2.74 bits per heavy atom. The molecular weight excluding hydrogens is 266 g/mol. The highest BCUT2D eigenvalue weighted by Crippen LogP contribution is 2.12. The molecule has 0 bridgehead atoms. The largest absolute Gasteiger partial charge is 0.383 e. The molecule has 0 aliphatic heterocycles. The number of amides is 1. The van der Waals surface area contributed by atoms with Gasteiger partial charge in [0.2, 0.25) is 0 Å². The molecule has 1 aromatic rings. The highest BCUT2D eigenvalue weighted by Gasteiger charge is 2.12. The van der Waals surface area contributed by atoms with Gasteiger partial charge in [0.05, 0.1) is 23.2 Å². The average Bonchev–Trinajstić information content (AvgIpc) is 2.39. The molecule has 0 aromatic carbocycles. The van der Waals surface area contributed by atoms with E-state index in [0.717, 1.165) is 0 Å². The number of pyridine rings is 1. The Hall–Kier alpha value is -1.63. The number of anilines is 1. The van der Waals surface area contributed by atoms with E-state index in [1.807, 2.05) is 6.92 Å². The van der Waals surface area contributed by atoms with Crippen molar-refractivity contribution in [3.63, 3.8) is 0 Å². The molecule has 0 fully saturated rings. The van der Waals surface area contributed by atoms with E-state index >= 15 is 0 Å². The first-order valence-electron chi connectivity index (χ1n) is 6.16. The first-order valence-corrected chi connectivity index (χ1v) is 7.98. The van der Waals surface area contributed by atoms with E-state index in [1.165, 1.54) is 6.20 Å². The van der Waals surface area contributed by atoms with Gasteiger partial charge in [-0.15, -0.1) is 0 Å². The topological polar surface area (TPSA) is 88.2 Å². The van der Waals surface area contributed by atoms with Gasteiger partial charge in [0.15, 0.2) is 9.84 Å². The zero-order valence-electron chi connectivity index (χ0n) is 11.1. The summed E-state index contributed by atoms with van der Waals surface area (Å²) in [5.41, 5.74) is 1.10. The Kier molecular flexibility index (Phi) is 5.75. The lowest BCUT2D eigenvalue weighted by atomic mass is 10.2. The highest BCUT2D eigenvalue weighted by atomic mass is 32.2. The molecule has 1 rings (SSSR count). The summed E-state index contributed by atoms with van der Waals surface area (Å²) in [4.78, 5) is 15.9. The fraction of sp³-hybridized carbons (Fsp3) is 0.500. The molecule has 0 aliphatic carbocycles. The van der Waals surface area contributed by atoms with Crippen LogP contribution in [-0.4, -0.2) is 43.9 Å². The zero-order chi connectivity index (χ0) is 14.3.